The van der Waals surface area contributed by atoms with Gasteiger partial charge in [-0.3, -0.25) is 9.89 Å². The maximum Gasteiger partial charge on any atom is 0.389 e. The van der Waals surface area contributed by atoms with E-state index in [-0.39, 0.29) is 23.7 Å². The number of aromatic nitrogens is 3. The van der Waals surface area contributed by atoms with Crippen LogP contribution in [0.3, 0.4) is 0 Å². The van der Waals surface area contributed by atoms with Crippen molar-refractivity contribution in [2.75, 3.05) is 33.8 Å². The van der Waals surface area contributed by atoms with Crippen molar-refractivity contribution in [2.45, 2.75) is 24.4 Å². The largest absolute Gasteiger partial charge is 0.476 e. The Labute approximate surface area is 247 Å². The summed E-state index contributed by atoms with van der Waals surface area (Å²) < 4.78 is 61.8. The number of fused-ring (bicyclic) bond motifs is 1. The van der Waals surface area contributed by atoms with E-state index in [9.17, 15) is 22.4 Å². The van der Waals surface area contributed by atoms with Gasteiger partial charge in [-0.05, 0) is 28.8 Å². The number of carbonyl (C=O) groups is 1. The summed E-state index contributed by atoms with van der Waals surface area (Å²) >= 11 is 0. The van der Waals surface area contributed by atoms with Gasteiger partial charge in [0.2, 0.25) is 17.7 Å². The number of carbonyl (C=O) groups excluding carboxylic acids is 1. The fourth-order valence-electron chi connectivity index (χ4n) is 4.61. The highest BCUT2D eigenvalue weighted by atomic mass is 35.5. The highest BCUT2D eigenvalue weighted by Crippen LogP contribution is 2.45. The molecule has 0 saturated carbocycles. The highest BCUT2D eigenvalue weighted by Gasteiger charge is 2.38. The summed E-state index contributed by atoms with van der Waals surface area (Å²) in [6, 6.07) is 16.6. The number of hydrogen-bond acceptors (Lipinski definition) is 5. The molecule has 4 aromatic rings. The number of rotatable bonds is 12. The Balaban J connectivity index is 0.00000484. The standard InChI is InChI=1S/C30H31F4N5O2.ClH/c1-39(2)27(40)9-6-14-35-15-16-41-26-13-11-22(19-36-26)28(21-10-12-25-23(17-21)29(31)38-37-25)24(18-30(32,33)34)20-7-4-3-5-8-20;/h3-13,17,19,24,28,35H,14-16,18H2,1-2H3,(H,37,38);1H/b9-6+;. The molecule has 2 atom stereocenters. The van der Waals surface area contributed by atoms with E-state index in [2.05, 4.69) is 20.5 Å². The van der Waals surface area contributed by atoms with Gasteiger partial charge in [-0.15, -0.1) is 12.4 Å². The van der Waals surface area contributed by atoms with Crippen molar-refractivity contribution in [1.29, 1.82) is 0 Å². The molecule has 0 fully saturated rings. The lowest BCUT2D eigenvalue weighted by Gasteiger charge is -2.29. The van der Waals surface area contributed by atoms with Crippen LogP contribution in [0.5, 0.6) is 5.88 Å². The molecule has 2 N–H and O–H groups in total. The number of likely N-dealkylation sites (N-methyl/N-ethyl adjacent to an activating group) is 1. The summed E-state index contributed by atoms with van der Waals surface area (Å²) in [4.78, 5) is 17.4. The van der Waals surface area contributed by atoms with E-state index in [0.29, 0.717) is 47.8 Å². The second-order valence-corrected chi connectivity index (χ2v) is 9.75. The lowest BCUT2D eigenvalue weighted by molar-refractivity contribution is -0.139. The number of H-pyrrole nitrogens is 1. The van der Waals surface area contributed by atoms with Gasteiger partial charge in [0, 0.05) is 57.4 Å². The van der Waals surface area contributed by atoms with Crippen LogP contribution in [0, 0.1) is 5.95 Å². The summed E-state index contributed by atoms with van der Waals surface area (Å²) in [6.07, 6.45) is -0.823. The Bertz CT molecular complexity index is 1460. The van der Waals surface area contributed by atoms with Gasteiger partial charge >= 0.3 is 6.18 Å². The van der Waals surface area contributed by atoms with Gasteiger partial charge in [0.15, 0.2) is 0 Å². The average Bonchev–Trinajstić information content (AvgIpc) is 3.32. The van der Waals surface area contributed by atoms with Crippen LogP contribution in [0.2, 0.25) is 0 Å². The van der Waals surface area contributed by atoms with Crippen molar-refractivity contribution in [3.05, 3.63) is 102 Å². The van der Waals surface area contributed by atoms with Crippen LogP contribution in [-0.4, -0.2) is 66.0 Å². The molecule has 2 heterocycles. The average molecular weight is 606 g/mol. The van der Waals surface area contributed by atoms with Gasteiger partial charge in [-0.1, -0.05) is 48.5 Å². The molecule has 0 aliphatic heterocycles. The number of benzene rings is 2. The first-order chi connectivity index (χ1) is 19.6. The summed E-state index contributed by atoms with van der Waals surface area (Å²) in [5.41, 5.74) is 1.94. The molecule has 224 valence electrons. The van der Waals surface area contributed by atoms with E-state index in [1.165, 1.54) is 17.2 Å². The van der Waals surface area contributed by atoms with Gasteiger partial charge in [0.25, 0.3) is 0 Å². The van der Waals surface area contributed by atoms with Gasteiger partial charge in [-0.2, -0.15) is 22.7 Å². The Morgan fingerprint density at radius 3 is 2.48 bits per heavy atom. The minimum absolute atomic E-state index is 0. The van der Waals surface area contributed by atoms with E-state index in [4.69, 9.17) is 4.74 Å². The molecule has 12 heteroatoms. The predicted octanol–water partition coefficient (Wildman–Crippen LogP) is 6.00. The Kier molecular flexibility index (Phi) is 11.5. The molecular weight excluding hydrogens is 574 g/mol. The molecule has 0 saturated heterocycles. The van der Waals surface area contributed by atoms with Gasteiger partial charge in [-0.25, -0.2) is 4.98 Å². The van der Waals surface area contributed by atoms with E-state index < -0.39 is 30.4 Å². The van der Waals surface area contributed by atoms with Crippen molar-refractivity contribution in [2.24, 2.45) is 0 Å². The van der Waals surface area contributed by atoms with Crippen molar-refractivity contribution < 1.29 is 27.1 Å². The van der Waals surface area contributed by atoms with Crippen molar-refractivity contribution in [3.8, 4) is 5.88 Å². The second kappa shape index (κ2) is 14.8. The van der Waals surface area contributed by atoms with Crippen molar-refractivity contribution >= 4 is 29.2 Å². The Morgan fingerprint density at radius 1 is 1.07 bits per heavy atom. The summed E-state index contributed by atoms with van der Waals surface area (Å²) in [5, 5.41) is 9.50. The number of hydrogen-bond donors (Lipinski definition) is 2. The third-order valence-electron chi connectivity index (χ3n) is 6.58. The molecule has 2 unspecified atom stereocenters. The highest BCUT2D eigenvalue weighted by molar-refractivity contribution is 5.87. The fourth-order valence-corrected chi connectivity index (χ4v) is 4.61. The molecular formula is C30H32ClF4N5O2. The third kappa shape index (κ3) is 8.77. The van der Waals surface area contributed by atoms with Crippen molar-refractivity contribution in [1.82, 2.24) is 25.4 Å². The monoisotopic (exact) mass is 605 g/mol. The lowest BCUT2D eigenvalue weighted by Crippen LogP contribution is -2.23. The van der Waals surface area contributed by atoms with Crippen LogP contribution in [0.25, 0.3) is 10.9 Å². The quantitative estimate of drug-likeness (QED) is 0.118. The number of nitrogens with zero attached hydrogens (tertiary/aromatic N) is 3. The van der Waals surface area contributed by atoms with E-state index in [0.717, 1.165) is 0 Å². The summed E-state index contributed by atoms with van der Waals surface area (Å²) in [6.45, 7) is 1.27. The zero-order valence-electron chi connectivity index (χ0n) is 23.1. The maximum atomic E-state index is 14.4. The SMILES string of the molecule is CN(C)C(=O)/C=C/CNCCOc1ccc(C(c2ccc3n[nH]c(F)c3c2)C(CC(F)(F)F)c2ccccc2)cn1.Cl. The number of amides is 1. The maximum absolute atomic E-state index is 14.4. The van der Waals surface area contributed by atoms with Crippen LogP contribution >= 0.6 is 12.4 Å². The van der Waals surface area contributed by atoms with Crippen LogP contribution in [-0.2, 0) is 4.79 Å². The molecule has 2 aromatic carbocycles. The van der Waals surface area contributed by atoms with E-state index in [1.807, 2.05) is 0 Å². The minimum Gasteiger partial charge on any atom is -0.476 e. The van der Waals surface area contributed by atoms with Gasteiger partial charge in [0.1, 0.15) is 6.61 Å². The molecule has 0 aliphatic rings. The first kappa shape index (κ1) is 32.6. The van der Waals surface area contributed by atoms with E-state index in [1.54, 1.807) is 80.8 Å². The molecule has 2 aromatic heterocycles. The number of aromatic amines is 1. The van der Waals surface area contributed by atoms with Crippen LogP contribution in [0.4, 0.5) is 17.6 Å². The zero-order valence-corrected chi connectivity index (χ0v) is 23.9. The third-order valence-corrected chi connectivity index (χ3v) is 6.58. The Hall–Kier alpha value is -3.96. The molecule has 42 heavy (non-hydrogen) atoms. The molecule has 0 bridgehead atoms. The number of alkyl halides is 3. The normalized spacial score (nSPS) is 13.1. The zero-order chi connectivity index (χ0) is 29.4. The lowest BCUT2D eigenvalue weighted by atomic mass is 9.75. The summed E-state index contributed by atoms with van der Waals surface area (Å²) in [7, 11) is 3.34. The first-order valence-corrected chi connectivity index (χ1v) is 13.0. The fraction of sp³-hybridized carbons (Fsp3) is 0.300. The minimum atomic E-state index is -4.44. The number of pyridine rings is 1. The second-order valence-electron chi connectivity index (χ2n) is 9.75. The van der Waals surface area contributed by atoms with Crippen molar-refractivity contribution in [3.63, 3.8) is 0 Å². The number of halogens is 5. The van der Waals surface area contributed by atoms with Crippen LogP contribution in [0.1, 0.15) is 34.9 Å². The predicted molar refractivity (Wildman–Crippen MR) is 155 cm³/mol. The first-order valence-electron chi connectivity index (χ1n) is 13.0. The summed E-state index contributed by atoms with van der Waals surface area (Å²) in [5.74, 6) is -2.21. The molecule has 1 amide bonds. The molecule has 0 aliphatic carbocycles. The van der Waals surface area contributed by atoms with Crippen LogP contribution in [0.15, 0.2) is 79.0 Å². The van der Waals surface area contributed by atoms with Crippen LogP contribution < -0.4 is 10.1 Å². The molecule has 0 spiro atoms. The number of nitrogens with one attached hydrogen (secondary N) is 2. The molecule has 7 nitrogen and oxygen atoms in total. The van der Waals surface area contributed by atoms with Gasteiger partial charge in [0.05, 0.1) is 17.3 Å². The topological polar surface area (TPSA) is 83.1 Å². The smallest absolute Gasteiger partial charge is 0.389 e. The van der Waals surface area contributed by atoms with E-state index >= 15 is 0 Å². The van der Waals surface area contributed by atoms with Gasteiger partial charge < -0.3 is 15.0 Å². The molecule has 0 radical (unpaired) electrons. The molecule has 4 rings (SSSR count). The Morgan fingerprint density at radius 2 is 1.81 bits per heavy atom. The number of ether oxygens (including phenoxy) is 1.